The first-order valence-electron chi connectivity index (χ1n) is 7.45. The molecule has 0 aliphatic carbocycles. The molecule has 0 aliphatic rings. The minimum absolute atomic E-state index is 0.225. The van der Waals surface area contributed by atoms with Crippen LogP contribution >= 0.6 is 34.7 Å². The molecule has 3 aromatic rings. The molecule has 0 atom stereocenters. The van der Waals surface area contributed by atoms with E-state index in [2.05, 4.69) is 15.3 Å². The van der Waals surface area contributed by atoms with Crippen LogP contribution in [0.1, 0.15) is 13.3 Å². The average Bonchev–Trinajstić information content (AvgIpc) is 3.03. The zero-order chi connectivity index (χ0) is 16.9. The number of fused-ring (bicyclic) bond motifs is 1. The predicted molar refractivity (Wildman–Crippen MR) is 99.8 cm³/mol. The van der Waals surface area contributed by atoms with Crippen molar-refractivity contribution in [2.24, 2.45) is 0 Å². The third kappa shape index (κ3) is 3.88. The molecule has 0 aliphatic heterocycles. The number of benzene rings is 1. The SMILES string of the molecule is CCCOC(=O)CSc1ncnc2scc(-c3ccc(Cl)cc3)c12. The lowest BCUT2D eigenvalue weighted by atomic mass is 10.1. The van der Waals surface area contributed by atoms with Crippen molar-refractivity contribution in [1.29, 1.82) is 0 Å². The molecule has 0 fully saturated rings. The Kier molecular flexibility index (Phi) is 5.71. The zero-order valence-corrected chi connectivity index (χ0v) is 15.4. The molecule has 24 heavy (non-hydrogen) atoms. The normalized spacial score (nSPS) is 10.9. The number of esters is 1. The lowest BCUT2D eigenvalue weighted by Gasteiger charge is -2.06. The Bertz CT molecular complexity index is 849. The van der Waals surface area contributed by atoms with E-state index in [-0.39, 0.29) is 11.7 Å². The Labute approximate surface area is 153 Å². The van der Waals surface area contributed by atoms with Crippen LogP contribution < -0.4 is 0 Å². The van der Waals surface area contributed by atoms with Gasteiger partial charge < -0.3 is 4.74 Å². The van der Waals surface area contributed by atoms with Gasteiger partial charge in [-0.2, -0.15) is 0 Å². The number of hydrogen-bond donors (Lipinski definition) is 0. The molecular formula is C17H15ClN2O2S2. The van der Waals surface area contributed by atoms with E-state index in [1.165, 1.54) is 18.1 Å². The van der Waals surface area contributed by atoms with Gasteiger partial charge in [0.1, 0.15) is 16.2 Å². The second-order valence-electron chi connectivity index (χ2n) is 5.02. The highest BCUT2D eigenvalue weighted by atomic mass is 35.5. The van der Waals surface area contributed by atoms with Crippen LogP contribution in [-0.2, 0) is 9.53 Å². The Balaban J connectivity index is 1.90. The number of thioether (sulfide) groups is 1. The van der Waals surface area contributed by atoms with Gasteiger partial charge in [-0.1, -0.05) is 42.4 Å². The van der Waals surface area contributed by atoms with Crippen molar-refractivity contribution in [1.82, 2.24) is 9.97 Å². The summed E-state index contributed by atoms with van der Waals surface area (Å²) < 4.78 is 5.12. The summed E-state index contributed by atoms with van der Waals surface area (Å²) in [6.45, 7) is 2.42. The van der Waals surface area contributed by atoms with E-state index in [1.54, 1.807) is 11.3 Å². The highest BCUT2D eigenvalue weighted by molar-refractivity contribution is 8.00. The van der Waals surface area contributed by atoms with E-state index in [0.29, 0.717) is 11.6 Å². The maximum atomic E-state index is 11.7. The lowest BCUT2D eigenvalue weighted by Crippen LogP contribution is -2.08. The molecule has 124 valence electrons. The summed E-state index contributed by atoms with van der Waals surface area (Å²) >= 11 is 8.91. The summed E-state index contributed by atoms with van der Waals surface area (Å²) in [5, 5.41) is 4.52. The molecule has 0 saturated heterocycles. The molecule has 0 unspecified atom stereocenters. The number of nitrogens with zero attached hydrogens (tertiary/aromatic N) is 2. The molecule has 1 aromatic carbocycles. The third-order valence-electron chi connectivity index (χ3n) is 3.28. The minimum atomic E-state index is -0.225. The van der Waals surface area contributed by atoms with Crippen molar-refractivity contribution in [3.05, 3.63) is 41.0 Å². The van der Waals surface area contributed by atoms with Crippen molar-refractivity contribution < 1.29 is 9.53 Å². The molecule has 0 bridgehead atoms. The van der Waals surface area contributed by atoms with E-state index in [4.69, 9.17) is 16.3 Å². The molecule has 3 rings (SSSR count). The average molecular weight is 379 g/mol. The van der Waals surface area contributed by atoms with E-state index < -0.39 is 0 Å². The van der Waals surface area contributed by atoms with Gasteiger partial charge in [0.25, 0.3) is 0 Å². The molecule has 0 N–H and O–H groups in total. The Morgan fingerprint density at radius 1 is 1.29 bits per heavy atom. The van der Waals surface area contributed by atoms with Gasteiger partial charge in [0, 0.05) is 16.0 Å². The largest absolute Gasteiger partial charge is 0.465 e. The van der Waals surface area contributed by atoms with Crippen molar-refractivity contribution in [2.45, 2.75) is 18.4 Å². The maximum absolute atomic E-state index is 11.7. The maximum Gasteiger partial charge on any atom is 0.316 e. The Hall–Kier alpha value is -1.63. The van der Waals surface area contributed by atoms with Gasteiger partial charge in [-0.05, 0) is 24.1 Å². The standard InChI is InChI=1S/C17H15ClN2O2S2/c1-2-7-22-14(21)9-24-17-15-13(8-23-16(15)19-10-20-17)11-3-5-12(18)6-4-11/h3-6,8,10H,2,7,9H2,1H3. The number of hydrogen-bond acceptors (Lipinski definition) is 6. The molecule has 0 amide bonds. The summed E-state index contributed by atoms with van der Waals surface area (Å²) in [7, 11) is 0. The molecular weight excluding hydrogens is 364 g/mol. The number of halogens is 1. The number of ether oxygens (including phenoxy) is 1. The summed E-state index contributed by atoms with van der Waals surface area (Å²) in [5.41, 5.74) is 2.10. The summed E-state index contributed by atoms with van der Waals surface area (Å²) in [5.74, 6) is 0.0130. The fraction of sp³-hybridized carbons (Fsp3) is 0.235. The molecule has 2 aromatic heterocycles. The topological polar surface area (TPSA) is 52.1 Å². The van der Waals surface area contributed by atoms with E-state index in [9.17, 15) is 4.79 Å². The summed E-state index contributed by atoms with van der Waals surface area (Å²) in [6.07, 6.45) is 2.35. The van der Waals surface area contributed by atoms with Crippen molar-refractivity contribution in [3.63, 3.8) is 0 Å². The highest BCUT2D eigenvalue weighted by Crippen LogP contribution is 2.38. The van der Waals surface area contributed by atoms with Crippen LogP contribution in [0, 0.1) is 0 Å². The van der Waals surface area contributed by atoms with Gasteiger partial charge in [0.2, 0.25) is 0 Å². The van der Waals surface area contributed by atoms with Crippen molar-refractivity contribution >= 4 is 50.9 Å². The highest BCUT2D eigenvalue weighted by Gasteiger charge is 2.15. The number of aromatic nitrogens is 2. The van der Waals surface area contributed by atoms with Gasteiger partial charge in [0.15, 0.2) is 0 Å². The quantitative estimate of drug-likeness (QED) is 0.341. The molecule has 4 nitrogen and oxygen atoms in total. The molecule has 0 radical (unpaired) electrons. The predicted octanol–water partition coefficient (Wildman–Crippen LogP) is 5.06. The molecule has 2 heterocycles. The first kappa shape index (κ1) is 17.2. The van der Waals surface area contributed by atoms with Crippen molar-refractivity contribution in [3.8, 4) is 11.1 Å². The fourth-order valence-corrected chi connectivity index (χ4v) is 4.10. The van der Waals surface area contributed by atoms with Crippen LogP contribution in [0.2, 0.25) is 5.02 Å². The smallest absolute Gasteiger partial charge is 0.316 e. The van der Waals surface area contributed by atoms with Crippen LogP contribution in [0.3, 0.4) is 0 Å². The lowest BCUT2D eigenvalue weighted by molar-refractivity contribution is -0.140. The second kappa shape index (κ2) is 7.96. The van der Waals surface area contributed by atoms with Gasteiger partial charge in [-0.3, -0.25) is 4.79 Å². The van der Waals surface area contributed by atoms with Gasteiger partial charge in [-0.15, -0.1) is 11.3 Å². The number of carbonyl (C=O) groups is 1. The molecule has 7 heteroatoms. The Morgan fingerprint density at radius 3 is 2.83 bits per heavy atom. The second-order valence-corrected chi connectivity index (χ2v) is 7.28. The summed E-state index contributed by atoms with van der Waals surface area (Å²) in [6, 6.07) is 7.67. The van der Waals surface area contributed by atoms with E-state index >= 15 is 0 Å². The molecule has 0 spiro atoms. The van der Waals surface area contributed by atoms with Gasteiger partial charge in [0.05, 0.1) is 17.7 Å². The van der Waals surface area contributed by atoms with Gasteiger partial charge in [-0.25, -0.2) is 9.97 Å². The molecule has 0 saturated carbocycles. The number of thiophene rings is 1. The van der Waals surface area contributed by atoms with Crippen molar-refractivity contribution in [2.75, 3.05) is 12.4 Å². The third-order valence-corrected chi connectivity index (χ3v) is 5.39. The number of carbonyl (C=O) groups excluding carboxylic acids is 1. The zero-order valence-electron chi connectivity index (χ0n) is 13.0. The van der Waals surface area contributed by atoms with Crippen LogP contribution in [-0.4, -0.2) is 28.3 Å². The monoisotopic (exact) mass is 378 g/mol. The van der Waals surface area contributed by atoms with Crippen LogP contribution in [0.15, 0.2) is 41.0 Å². The summed E-state index contributed by atoms with van der Waals surface area (Å²) in [4.78, 5) is 21.3. The van der Waals surface area contributed by atoms with Crippen LogP contribution in [0.4, 0.5) is 0 Å². The fourth-order valence-electron chi connectivity index (χ4n) is 2.18. The first-order chi connectivity index (χ1) is 11.7. The van der Waals surface area contributed by atoms with Gasteiger partial charge >= 0.3 is 5.97 Å². The van der Waals surface area contributed by atoms with E-state index in [1.807, 2.05) is 31.2 Å². The Morgan fingerprint density at radius 2 is 2.08 bits per heavy atom. The number of rotatable bonds is 6. The van der Waals surface area contributed by atoms with Crippen LogP contribution in [0.5, 0.6) is 0 Å². The van der Waals surface area contributed by atoms with Crippen LogP contribution in [0.25, 0.3) is 21.3 Å². The van der Waals surface area contributed by atoms with E-state index in [0.717, 1.165) is 32.8 Å². The minimum Gasteiger partial charge on any atom is -0.465 e. The first-order valence-corrected chi connectivity index (χ1v) is 9.70.